The van der Waals surface area contributed by atoms with Crippen LogP contribution < -0.4 is 15.4 Å². The predicted octanol–water partition coefficient (Wildman–Crippen LogP) is 14.5. The number of allylic oxidation sites excluding steroid dienone is 8. The number of fused-ring (bicyclic) bond motifs is 4. The fraction of sp³-hybridized carbons (Fsp3) is 0.569. The summed E-state index contributed by atoms with van der Waals surface area (Å²) in [4.78, 5) is 3.00. The van der Waals surface area contributed by atoms with Crippen molar-refractivity contribution in [1.29, 1.82) is 0 Å². The minimum atomic E-state index is -3.09. The third-order valence-electron chi connectivity index (χ3n) is 16.3. The molecule has 4 aliphatic heterocycles. The van der Waals surface area contributed by atoms with E-state index in [0.717, 1.165) is 30.9 Å². The number of hydrogen-bond acceptors (Lipinski definition) is 4. The maximum absolute atomic E-state index is 7.54. The third kappa shape index (κ3) is 7.94. The van der Waals surface area contributed by atoms with E-state index >= 15 is 0 Å². The molecule has 7 unspecified atom stereocenters. The first kappa shape index (κ1) is 46.1. The average molecular weight is 868 g/mol. The molecule has 1 spiro atoms. The van der Waals surface area contributed by atoms with E-state index in [9.17, 15) is 0 Å². The summed E-state index contributed by atoms with van der Waals surface area (Å²) in [5.41, 5.74) is 9.59. The van der Waals surface area contributed by atoms with Crippen LogP contribution in [0.2, 0.25) is 0 Å². The van der Waals surface area contributed by atoms with Gasteiger partial charge in [0.25, 0.3) is 0 Å². The van der Waals surface area contributed by atoms with Crippen molar-refractivity contribution in [2.24, 2.45) is 44.7 Å². The molecule has 4 heterocycles. The second-order valence-electron chi connectivity index (χ2n) is 25.0. The summed E-state index contributed by atoms with van der Waals surface area (Å²) in [6.07, 6.45) is 21.2. The van der Waals surface area contributed by atoms with E-state index in [4.69, 9.17) is 9.50 Å². The van der Waals surface area contributed by atoms with Crippen molar-refractivity contribution in [3.63, 3.8) is 0 Å². The van der Waals surface area contributed by atoms with Gasteiger partial charge in [0.2, 0.25) is 0 Å². The Bertz CT molecular complexity index is 2310. The molecule has 0 radical (unpaired) electrons. The standard InChI is InChI=1S/C58H82N3OP/c1-18-38(54(4,5)6)30-40(55(7,8)9)28-29-61-47-27-23-22-26-43(47)44-35-50(61)63-52-45(44)31-41(56(10,11)12)33-48(52)62-49-34-42(57(13,14)15)32-46(53(49)63)59-36(2)51(37(3)60-63)58(16,17)39-24-20-19-21-25-39/h18-21,23-25,27,30-36,40,43,45,47,50-52,59,63H,1,22,26,28-29H2,2-17H3/b38-30+,60-37+/t36?,40?,43?,45?,47?,50-,51?,52?/m0/s1. The summed E-state index contributed by atoms with van der Waals surface area (Å²) in [6.45, 7) is 43.5. The summed E-state index contributed by atoms with van der Waals surface area (Å²) in [7, 11) is -3.09. The predicted molar refractivity (Wildman–Crippen MR) is 275 cm³/mol. The Kier molecular flexibility index (Phi) is 11.6. The summed E-state index contributed by atoms with van der Waals surface area (Å²) in [6, 6.07) is 16.6. The molecule has 0 saturated heterocycles. The molecule has 340 valence electrons. The molecule has 2 aromatic rings. The van der Waals surface area contributed by atoms with Crippen LogP contribution in [0.4, 0.5) is 5.69 Å². The molecule has 5 heteroatoms. The normalized spacial score (nSPS) is 29.9. The molecule has 63 heavy (non-hydrogen) atoms. The second kappa shape index (κ2) is 15.9. The van der Waals surface area contributed by atoms with Gasteiger partial charge in [0.15, 0.2) is 0 Å². The average Bonchev–Trinajstić information content (AvgIpc) is 3.17. The van der Waals surface area contributed by atoms with Crippen molar-refractivity contribution in [2.45, 2.75) is 164 Å². The molecule has 2 aromatic carbocycles. The van der Waals surface area contributed by atoms with Gasteiger partial charge < -0.3 is 0 Å². The zero-order valence-electron chi connectivity index (χ0n) is 42.0. The fourth-order valence-corrected chi connectivity index (χ4v) is 18.7. The number of nitrogens with one attached hydrogen (secondary N) is 1. The van der Waals surface area contributed by atoms with Crippen LogP contribution in [0.3, 0.4) is 0 Å². The molecule has 8 rings (SSSR count). The quantitative estimate of drug-likeness (QED) is 0.171. The van der Waals surface area contributed by atoms with Crippen molar-refractivity contribution in [2.75, 3.05) is 11.9 Å². The van der Waals surface area contributed by atoms with Crippen molar-refractivity contribution < 1.29 is 4.74 Å². The number of benzene rings is 2. The van der Waals surface area contributed by atoms with Gasteiger partial charge in [-0.2, -0.15) is 0 Å². The van der Waals surface area contributed by atoms with Gasteiger partial charge in [-0.3, -0.25) is 0 Å². The Morgan fingerprint density at radius 1 is 0.937 bits per heavy atom. The van der Waals surface area contributed by atoms with E-state index in [1.165, 1.54) is 45.4 Å². The van der Waals surface area contributed by atoms with Crippen molar-refractivity contribution in [3.05, 3.63) is 125 Å². The Morgan fingerprint density at radius 3 is 2.25 bits per heavy atom. The number of anilines is 1. The van der Waals surface area contributed by atoms with Crippen LogP contribution in [0.5, 0.6) is 5.75 Å². The van der Waals surface area contributed by atoms with E-state index in [1.54, 1.807) is 5.57 Å². The van der Waals surface area contributed by atoms with Crippen molar-refractivity contribution >= 4 is 24.1 Å². The molecule has 0 saturated carbocycles. The van der Waals surface area contributed by atoms with Crippen LogP contribution in [-0.2, 0) is 10.8 Å². The minimum absolute atomic E-state index is 0.0204. The monoisotopic (exact) mass is 868 g/mol. The molecule has 0 aromatic heterocycles. The first-order chi connectivity index (χ1) is 29.3. The topological polar surface area (TPSA) is 36.9 Å². The van der Waals surface area contributed by atoms with Gasteiger partial charge in [-0.1, -0.05) is 0 Å². The molecule has 0 amide bonds. The molecule has 2 bridgehead atoms. The Labute approximate surface area is 384 Å². The molecule has 6 aliphatic rings. The molecular formula is C58H82N3OP. The summed E-state index contributed by atoms with van der Waals surface area (Å²) in [5, 5.41) is 5.71. The van der Waals surface area contributed by atoms with Crippen LogP contribution in [0.25, 0.3) is 0 Å². The van der Waals surface area contributed by atoms with Crippen LogP contribution in [0, 0.1) is 39.9 Å². The van der Waals surface area contributed by atoms with Gasteiger partial charge in [0.05, 0.1) is 0 Å². The van der Waals surface area contributed by atoms with Gasteiger partial charge in [0.1, 0.15) is 0 Å². The van der Waals surface area contributed by atoms with Gasteiger partial charge in [-0.25, -0.2) is 0 Å². The van der Waals surface area contributed by atoms with Gasteiger partial charge in [-0.15, -0.1) is 0 Å². The van der Waals surface area contributed by atoms with E-state index < -0.39 is 7.41 Å². The van der Waals surface area contributed by atoms with Crippen LogP contribution >= 0.6 is 7.41 Å². The zero-order chi connectivity index (χ0) is 45.8. The fourth-order valence-electron chi connectivity index (χ4n) is 12.8. The molecule has 2 aliphatic carbocycles. The number of rotatable bonds is 7. The Morgan fingerprint density at radius 2 is 1.63 bits per heavy atom. The van der Waals surface area contributed by atoms with E-state index in [1.807, 2.05) is 0 Å². The molecular weight excluding hydrogens is 786 g/mol. The van der Waals surface area contributed by atoms with E-state index in [2.05, 4.69) is 213 Å². The summed E-state index contributed by atoms with van der Waals surface area (Å²) in [5.74, 6) is 3.59. The second-order valence-corrected chi connectivity index (χ2v) is 28.6. The molecule has 0 fully saturated rings. The molecule has 8 atom stereocenters. The van der Waals surface area contributed by atoms with Gasteiger partial charge in [-0.05, 0) is 0 Å². The number of nitrogens with zero attached hydrogens (tertiary/aromatic N) is 2. The third-order valence-corrected chi connectivity index (χ3v) is 21.3. The van der Waals surface area contributed by atoms with Crippen LogP contribution in [0.15, 0.2) is 119 Å². The van der Waals surface area contributed by atoms with E-state index in [-0.39, 0.29) is 56.4 Å². The van der Waals surface area contributed by atoms with Gasteiger partial charge in [0, 0.05) is 0 Å². The molecule has 1 N–H and O–H groups in total. The van der Waals surface area contributed by atoms with E-state index in [0.29, 0.717) is 17.9 Å². The first-order valence-electron chi connectivity index (χ1n) is 24.5. The summed E-state index contributed by atoms with van der Waals surface area (Å²) >= 11 is 0. The number of ether oxygens (including phenoxy) is 1. The molecule has 4 nitrogen and oxygen atoms in total. The van der Waals surface area contributed by atoms with Gasteiger partial charge >= 0.3 is 386 Å². The number of hydrogen-bond donors (Lipinski definition) is 1. The van der Waals surface area contributed by atoms with Crippen molar-refractivity contribution in [3.8, 4) is 5.75 Å². The SMILES string of the molecule is C=C/C(=C\C(CCN1C2C=CCCC2C2=C[C@@H]1[PH]13/N=C(\C)C(C(C)(C)c4ccccc4)C(C)Nc4cc(C(C)(C)C)cc(c41)OC1=CC(C(C)(C)C)=CC2C13)C(C)(C)C)C(C)(C)C. The van der Waals surface area contributed by atoms with Crippen molar-refractivity contribution in [1.82, 2.24) is 4.90 Å². The Hall–Kier alpha value is -3.46. The van der Waals surface area contributed by atoms with Crippen LogP contribution in [0.1, 0.15) is 141 Å². The Balaban J connectivity index is 1.43. The first-order valence-corrected chi connectivity index (χ1v) is 26.6. The summed E-state index contributed by atoms with van der Waals surface area (Å²) < 4.78 is 14.2. The zero-order valence-corrected chi connectivity index (χ0v) is 43.0. The maximum atomic E-state index is 7.54. The van der Waals surface area contributed by atoms with Crippen LogP contribution in [-0.4, -0.2) is 40.7 Å².